The maximum Gasteiger partial charge on any atom is 0.512 e. The zero-order valence-corrected chi connectivity index (χ0v) is 13.5. The Labute approximate surface area is 112 Å². The summed E-state index contributed by atoms with van der Waals surface area (Å²) in [5, 5.41) is 0. The van der Waals surface area contributed by atoms with E-state index in [-0.39, 0.29) is 5.54 Å². The molecule has 0 aliphatic heterocycles. The van der Waals surface area contributed by atoms with Gasteiger partial charge in [-0.05, 0) is 41.5 Å². The first-order valence-corrected chi connectivity index (χ1v) is 8.60. The van der Waals surface area contributed by atoms with Gasteiger partial charge in [-0.15, -0.1) is 0 Å². The minimum absolute atomic E-state index is 0.192. The maximum atomic E-state index is 6.00. The summed E-state index contributed by atoms with van der Waals surface area (Å²) in [7, 11) is -2.66. The van der Waals surface area contributed by atoms with Crippen molar-refractivity contribution in [3.63, 3.8) is 0 Å². The highest BCUT2D eigenvalue weighted by Crippen LogP contribution is 2.44. The number of rotatable bonds is 7. The summed E-state index contributed by atoms with van der Waals surface area (Å²) in [5.41, 5.74) is 4.13. The fourth-order valence-electron chi connectivity index (χ4n) is 2.63. The first-order chi connectivity index (χ1) is 8.52. The lowest BCUT2D eigenvalue weighted by Crippen LogP contribution is -2.50. The van der Waals surface area contributed by atoms with E-state index in [4.69, 9.17) is 13.3 Å². The van der Waals surface area contributed by atoms with Gasteiger partial charge in [-0.3, -0.25) is 0 Å². The summed E-state index contributed by atoms with van der Waals surface area (Å²) in [6.07, 6.45) is 2.22. The molecule has 0 fully saturated rings. The molecule has 1 unspecified atom stereocenters. The van der Waals surface area contributed by atoms with E-state index in [2.05, 4.69) is 26.8 Å². The Bertz CT molecular complexity index is 330. The molecule has 1 atom stereocenters. The maximum absolute atomic E-state index is 6.00. The first-order valence-electron chi connectivity index (χ1n) is 6.79. The summed E-state index contributed by atoms with van der Waals surface area (Å²) in [6.45, 7) is 14.3. The smallest absolute Gasteiger partial charge is 0.373 e. The third kappa shape index (κ3) is 2.94. The second kappa shape index (κ2) is 6.66. The van der Waals surface area contributed by atoms with Crippen LogP contribution in [0.25, 0.3) is 0 Å². The van der Waals surface area contributed by atoms with E-state index < -0.39 is 8.80 Å². The van der Waals surface area contributed by atoms with E-state index in [9.17, 15) is 0 Å². The highest BCUT2D eigenvalue weighted by Gasteiger charge is 2.52. The lowest BCUT2D eigenvalue weighted by atomic mass is 10.1. The van der Waals surface area contributed by atoms with Gasteiger partial charge in [0.1, 0.15) is 0 Å². The second-order valence-electron chi connectivity index (χ2n) is 4.59. The Kier molecular flexibility index (Phi) is 5.78. The molecule has 1 aliphatic carbocycles. The lowest BCUT2D eigenvalue weighted by molar-refractivity contribution is 0.0674. The van der Waals surface area contributed by atoms with Crippen molar-refractivity contribution in [1.29, 1.82) is 0 Å². The van der Waals surface area contributed by atoms with Gasteiger partial charge >= 0.3 is 8.80 Å². The van der Waals surface area contributed by atoms with Crippen LogP contribution in [0.3, 0.4) is 0 Å². The molecular formula is C14H26O3Si. The van der Waals surface area contributed by atoms with Crippen molar-refractivity contribution in [3.05, 3.63) is 22.8 Å². The Balaban J connectivity index is 3.12. The van der Waals surface area contributed by atoms with E-state index in [0.717, 1.165) is 0 Å². The van der Waals surface area contributed by atoms with Crippen molar-refractivity contribution in [2.45, 2.75) is 47.1 Å². The van der Waals surface area contributed by atoms with Gasteiger partial charge in [0.2, 0.25) is 0 Å². The molecule has 0 N–H and O–H groups in total. The zero-order valence-electron chi connectivity index (χ0n) is 12.5. The van der Waals surface area contributed by atoms with Gasteiger partial charge < -0.3 is 13.3 Å². The molecule has 0 bridgehead atoms. The summed E-state index contributed by atoms with van der Waals surface area (Å²) in [4.78, 5) is 0. The normalized spacial score (nSPS) is 20.6. The Morgan fingerprint density at radius 1 is 0.944 bits per heavy atom. The summed E-state index contributed by atoms with van der Waals surface area (Å²) in [6, 6.07) is 0. The highest BCUT2D eigenvalue weighted by molar-refractivity contribution is 6.64. The average Bonchev–Trinajstić information content (AvgIpc) is 2.54. The Hall–Kier alpha value is -0.423. The fourth-order valence-corrected chi connectivity index (χ4v) is 5.99. The van der Waals surface area contributed by atoms with Gasteiger partial charge in [0.05, 0.1) is 5.54 Å². The predicted molar refractivity (Wildman–Crippen MR) is 76.5 cm³/mol. The van der Waals surface area contributed by atoms with Crippen LogP contribution in [0.15, 0.2) is 22.8 Å². The third-order valence-electron chi connectivity index (χ3n) is 3.34. The largest absolute Gasteiger partial charge is 0.512 e. The molecule has 0 spiro atoms. The van der Waals surface area contributed by atoms with Gasteiger partial charge in [-0.2, -0.15) is 0 Å². The summed E-state index contributed by atoms with van der Waals surface area (Å²) >= 11 is 0. The zero-order chi connectivity index (χ0) is 13.8. The number of hydrogen-bond donors (Lipinski definition) is 0. The van der Waals surface area contributed by atoms with Crippen LogP contribution in [0, 0.1) is 0 Å². The quantitative estimate of drug-likeness (QED) is 0.660. The first kappa shape index (κ1) is 15.6. The van der Waals surface area contributed by atoms with E-state index >= 15 is 0 Å². The minimum atomic E-state index is -2.66. The molecule has 0 amide bonds. The van der Waals surface area contributed by atoms with Crippen LogP contribution in [0.2, 0.25) is 5.54 Å². The number of hydrogen-bond acceptors (Lipinski definition) is 3. The van der Waals surface area contributed by atoms with E-state index in [1.165, 1.54) is 16.7 Å². The van der Waals surface area contributed by atoms with E-state index in [1.807, 2.05) is 20.8 Å². The Morgan fingerprint density at radius 3 is 1.67 bits per heavy atom. The minimum Gasteiger partial charge on any atom is -0.373 e. The van der Waals surface area contributed by atoms with Crippen molar-refractivity contribution < 1.29 is 13.3 Å². The Morgan fingerprint density at radius 2 is 1.39 bits per heavy atom. The second-order valence-corrected chi connectivity index (χ2v) is 7.24. The predicted octanol–water partition coefficient (Wildman–Crippen LogP) is 3.70. The molecule has 0 radical (unpaired) electrons. The van der Waals surface area contributed by atoms with Crippen LogP contribution in [-0.2, 0) is 13.3 Å². The highest BCUT2D eigenvalue weighted by atomic mass is 28.4. The molecule has 18 heavy (non-hydrogen) atoms. The summed E-state index contributed by atoms with van der Waals surface area (Å²) < 4.78 is 18.0. The molecule has 0 heterocycles. The van der Waals surface area contributed by atoms with Crippen LogP contribution >= 0.6 is 0 Å². The molecule has 4 heteroatoms. The molecule has 0 aromatic heterocycles. The van der Waals surface area contributed by atoms with Crippen molar-refractivity contribution in [1.82, 2.24) is 0 Å². The average molecular weight is 270 g/mol. The fraction of sp³-hybridized carbons (Fsp3) is 0.714. The van der Waals surface area contributed by atoms with Gasteiger partial charge in [0.25, 0.3) is 0 Å². The summed E-state index contributed by atoms with van der Waals surface area (Å²) in [5.74, 6) is 0. The molecule has 0 aromatic carbocycles. The SMILES string of the molecule is CCO[Si](OCC)(OCC)C1C(C)=CC(C)=C1C. The third-order valence-corrected chi connectivity index (χ3v) is 7.01. The van der Waals surface area contributed by atoms with E-state index in [0.29, 0.717) is 19.8 Å². The van der Waals surface area contributed by atoms with Crippen molar-refractivity contribution in [3.8, 4) is 0 Å². The van der Waals surface area contributed by atoms with Crippen molar-refractivity contribution in [2.75, 3.05) is 19.8 Å². The molecule has 1 aliphatic rings. The van der Waals surface area contributed by atoms with Crippen LogP contribution in [0.1, 0.15) is 41.5 Å². The molecule has 104 valence electrons. The molecule has 0 saturated heterocycles. The van der Waals surface area contributed by atoms with Crippen molar-refractivity contribution in [2.24, 2.45) is 0 Å². The topological polar surface area (TPSA) is 27.7 Å². The number of allylic oxidation sites excluding steroid dienone is 4. The van der Waals surface area contributed by atoms with Crippen LogP contribution in [-0.4, -0.2) is 28.6 Å². The van der Waals surface area contributed by atoms with Gasteiger partial charge in [-0.25, -0.2) is 0 Å². The van der Waals surface area contributed by atoms with E-state index in [1.54, 1.807) is 0 Å². The molecule has 0 saturated carbocycles. The lowest BCUT2D eigenvalue weighted by Gasteiger charge is -2.35. The van der Waals surface area contributed by atoms with Crippen LogP contribution in [0.5, 0.6) is 0 Å². The monoisotopic (exact) mass is 270 g/mol. The van der Waals surface area contributed by atoms with Crippen LogP contribution in [0.4, 0.5) is 0 Å². The molecule has 3 nitrogen and oxygen atoms in total. The molecule has 0 aromatic rings. The van der Waals surface area contributed by atoms with Crippen LogP contribution < -0.4 is 0 Å². The molecule has 1 rings (SSSR count). The standard InChI is InChI=1S/C14H26O3Si/c1-7-15-18(16-8-2,17-9-3)14-12(5)10-11(4)13(14)6/h10,14H,7-9H2,1-6H3. The van der Waals surface area contributed by atoms with Gasteiger partial charge in [0.15, 0.2) is 0 Å². The van der Waals surface area contributed by atoms with Gasteiger partial charge in [0, 0.05) is 19.8 Å². The van der Waals surface area contributed by atoms with Gasteiger partial charge in [-0.1, -0.05) is 22.8 Å². The molecular weight excluding hydrogens is 244 g/mol. The van der Waals surface area contributed by atoms with Crippen molar-refractivity contribution >= 4 is 8.80 Å².